The molecular formula is C12H24N2O. The number of likely N-dealkylation sites (tertiary alicyclic amines) is 1. The second-order valence-electron chi connectivity index (χ2n) is 4.95. The third kappa shape index (κ3) is 3.16. The predicted molar refractivity (Wildman–Crippen MR) is 61.8 cm³/mol. The Bertz CT molecular complexity index is 174. The molecule has 15 heavy (non-hydrogen) atoms. The first kappa shape index (κ1) is 11.4. The molecule has 88 valence electrons. The third-order valence-corrected chi connectivity index (χ3v) is 3.93. The molecule has 0 radical (unpaired) electrons. The van der Waals surface area contributed by atoms with Crippen LogP contribution in [0, 0.1) is 11.8 Å². The van der Waals surface area contributed by atoms with Gasteiger partial charge in [0.2, 0.25) is 0 Å². The van der Waals surface area contributed by atoms with Gasteiger partial charge in [-0.3, -0.25) is 0 Å². The minimum atomic E-state index is 0.701. The van der Waals surface area contributed by atoms with E-state index in [1.54, 1.807) is 0 Å². The van der Waals surface area contributed by atoms with Gasteiger partial charge >= 0.3 is 0 Å². The van der Waals surface area contributed by atoms with Crippen molar-refractivity contribution in [2.75, 3.05) is 39.4 Å². The highest BCUT2D eigenvalue weighted by Crippen LogP contribution is 2.25. The van der Waals surface area contributed by atoms with E-state index < -0.39 is 0 Å². The Morgan fingerprint density at radius 1 is 1.20 bits per heavy atom. The van der Waals surface area contributed by atoms with Gasteiger partial charge in [0.15, 0.2) is 0 Å². The summed E-state index contributed by atoms with van der Waals surface area (Å²) >= 11 is 0. The SMILES string of the molecule is NCC(CN1CCCC1)C1CCOCC1. The lowest BCUT2D eigenvalue weighted by Gasteiger charge is -2.32. The number of hydrogen-bond donors (Lipinski definition) is 1. The minimum Gasteiger partial charge on any atom is -0.381 e. The molecular weight excluding hydrogens is 188 g/mol. The normalized spacial score (nSPS) is 27.0. The maximum atomic E-state index is 5.91. The first-order chi connectivity index (χ1) is 7.40. The second-order valence-corrected chi connectivity index (χ2v) is 4.95. The first-order valence-corrected chi connectivity index (χ1v) is 6.40. The quantitative estimate of drug-likeness (QED) is 0.758. The van der Waals surface area contributed by atoms with Crippen LogP contribution in [0.1, 0.15) is 25.7 Å². The highest BCUT2D eigenvalue weighted by Gasteiger charge is 2.25. The van der Waals surface area contributed by atoms with Crippen molar-refractivity contribution >= 4 is 0 Å². The van der Waals surface area contributed by atoms with Crippen LogP contribution in [-0.4, -0.2) is 44.3 Å². The molecule has 2 fully saturated rings. The summed E-state index contributed by atoms with van der Waals surface area (Å²) < 4.78 is 5.41. The molecule has 3 heteroatoms. The van der Waals surface area contributed by atoms with Crippen LogP contribution in [0.2, 0.25) is 0 Å². The van der Waals surface area contributed by atoms with Gasteiger partial charge in [0.25, 0.3) is 0 Å². The Kier molecular flexibility index (Phi) is 4.42. The molecule has 2 aliphatic rings. The Morgan fingerprint density at radius 3 is 2.47 bits per heavy atom. The Hall–Kier alpha value is -0.120. The lowest BCUT2D eigenvalue weighted by molar-refractivity contribution is 0.0416. The molecule has 2 saturated heterocycles. The smallest absolute Gasteiger partial charge is 0.0468 e. The standard InChI is InChI=1S/C12H24N2O/c13-9-12(10-14-5-1-2-6-14)11-3-7-15-8-4-11/h11-12H,1-10,13H2. The topological polar surface area (TPSA) is 38.5 Å². The molecule has 0 aromatic rings. The van der Waals surface area contributed by atoms with Crippen LogP contribution in [-0.2, 0) is 4.74 Å². The van der Waals surface area contributed by atoms with Crippen LogP contribution in [0.3, 0.4) is 0 Å². The average Bonchev–Trinajstić information content (AvgIpc) is 2.80. The van der Waals surface area contributed by atoms with Crippen LogP contribution < -0.4 is 5.73 Å². The largest absolute Gasteiger partial charge is 0.381 e. The van der Waals surface area contributed by atoms with E-state index in [0.717, 1.165) is 25.7 Å². The molecule has 2 heterocycles. The van der Waals surface area contributed by atoms with Crippen molar-refractivity contribution in [1.29, 1.82) is 0 Å². The molecule has 1 unspecified atom stereocenters. The monoisotopic (exact) mass is 212 g/mol. The molecule has 0 aromatic heterocycles. The van der Waals surface area contributed by atoms with Crippen molar-refractivity contribution in [3.63, 3.8) is 0 Å². The molecule has 0 bridgehead atoms. The van der Waals surface area contributed by atoms with E-state index in [2.05, 4.69) is 4.90 Å². The van der Waals surface area contributed by atoms with Gasteiger partial charge in [-0.2, -0.15) is 0 Å². The lowest BCUT2D eigenvalue weighted by Crippen LogP contribution is -2.37. The summed E-state index contributed by atoms with van der Waals surface area (Å²) in [6, 6.07) is 0. The molecule has 0 spiro atoms. The fourth-order valence-corrected chi connectivity index (χ4v) is 2.90. The van der Waals surface area contributed by atoms with Gasteiger partial charge in [0.05, 0.1) is 0 Å². The van der Waals surface area contributed by atoms with Gasteiger partial charge in [-0.15, -0.1) is 0 Å². The van der Waals surface area contributed by atoms with Crippen LogP contribution in [0.25, 0.3) is 0 Å². The molecule has 0 saturated carbocycles. The predicted octanol–water partition coefficient (Wildman–Crippen LogP) is 1.08. The fraction of sp³-hybridized carbons (Fsp3) is 1.00. The molecule has 2 rings (SSSR count). The number of rotatable bonds is 4. The highest BCUT2D eigenvalue weighted by atomic mass is 16.5. The number of ether oxygens (including phenoxy) is 1. The van der Waals surface area contributed by atoms with E-state index >= 15 is 0 Å². The number of nitrogens with two attached hydrogens (primary N) is 1. The lowest BCUT2D eigenvalue weighted by atomic mass is 9.85. The molecule has 2 N–H and O–H groups in total. The van der Waals surface area contributed by atoms with Crippen LogP contribution in [0.4, 0.5) is 0 Å². The fourth-order valence-electron chi connectivity index (χ4n) is 2.90. The molecule has 0 aliphatic carbocycles. The van der Waals surface area contributed by atoms with Crippen molar-refractivity contribution in [1.82, 2.24) is 4.90 Å². The molecule has 2 aliphatic heterocycles. The van der Waals surface area contributed by atoms with E-state index in [1.165, 1.54) is 45.3 Å². The van der Waals surface area contributed by atoms with Gasteiger partial charge < -0.3 is 15.4 Å². The first-order valence-electron chi connectivity index (χ1n) is 6.40. The third-order valence-electron chi connectivity index (χ3n) is 3.93. The van der Waals surface area contributed by atoms with Crippen LogP contribution >= 0.6 is 0 Å². The maximum Gasteiger partial charge on any atom is 0.0468 e. The zero-order valence-corrected chi connectivity index (χ0v) is 9.66. The summed E-state index contributed by atoms with van der Waals surface area (Å²) in [4.78, 5) is 2.59. The van der Waals surface area contributed by atoms with Crippen molar-refractivity contribution in [3.8, 4) is 0 Å². The van der Waals surface area contributed by atoms with Crippen molar-refractivity contribution in [2.24, 2.45) is 17.6 Å². The van der Waals surface area contributed by atoms with E-state index in [9.17, 15) is 0 Å². The van der Waals surface area contributed by atoms with E-state index in [-0.39, 0.29) is 0 Å². The molecule has 0 amide bonds. The summed E-state index contributed by atoms with van der Waals surface area (Å²) in [5.74, 6) is 1.51. The second kappa shape index (κ2) is 5.83. The summed E-state index contributed by atoms with van der Waals surface area (Å²) in [5.41, 5.74) is 5.91. The number of hydrogen-bond acceptors (Lipinski definition) is 3. The van der Waals surface area contributed by atoms with E-state index in [0.29, 0.717) is 5.92 Å². The van der Waals surface area contributed by atoms with Gasteiger partial charge in [-0.25, -0.2) is 0 Å². The van der Waals surface area contributed by atoms with Crippen LogP contribution in [0.15, 0.2) is 0 Å². The Labute approximate surface area is 93.0 Å². The van der Waals surface area contributed by atoms with Gasteiger partial charge in [-0.1, -0.05) is 0 Å². The van der Waals surface area contributed by atoms with E-state index in [4.69, 9.17) is 10.5 Å². The molecule has 1 atom stereocenters. The van der Waals surface area contributed by atoms with Crippen LogP contribution in [0.5, 0.6) is 0 Å². The summed E-state index contributed by atoms with van der Waals surface area (Å²) in [6.07, 6.45) is 5.20. The van der Waals surface area contributed by atoms with Gasteiger partial charge in [-0.05, 0) is 57.2 Å². The Morgan fingerprint density at radius 2 is 1.87 bits per heavy atom. The van der Waals surface area contributed by atoms with Crippen molar-refractivity contribution < 1.29 is 4.74 Å². The molecule has 3 nitrogen and oxygen atoms in total. The highest BCUT2D eigenvalue weighted by molar-refractivity contribution is 4.78. The molecule has 0 aromatic carbocycles. The zero-order valence-electron chi connectivity index (χ0n) is 9.66. The number of nitrogens with zero attached hydrogens (tertiary/aromatic N) is 1. The average molecular weight is 212 g/mol. The van der Waals surface area contributed by atoms with E-state index in [1.807, 2.05) is 0 Å². The minimum absolute atomic E-state index is 0.701. The van der Waals surface area contributed by atoms with Gasteiger partial charge in [0, 0.05) is 19.8 Å². The van der Waals surface area contributed by atoms with Gasteiger partial charge in [0.1, 0.15) is 0 Å². The Balaban J connectivity index is 1.79. The summed E-state index contributed by atoms with van der Waals surface area (Å²) in [5, 5.41) is 0. The van der Waals surface area contributed by atoms with Crippen molar-refractivity contribution in [2.45, 2.75) is 25.7 Å². The van der Waals surface area contributed by atoms with Crippen molar-refractivity contribution in [3.05, 3.63) is 0 Å². The summed E-state index contributed by atoms with van der Waals surface area (Å²) in [7, 11) is 0. The zero-order chi connectivity index (χ0) is 10.5. The maximum absolute atomic E-state index is 5.91. The summed E-state index contributed by atoms with van der Waals surface area (Å²) in [6.45, 7) is 6.55.